The number of rotatable bonds is 3. The fraction of sp³-hybridized carbons (Fsp3) is 0.350. The zero-order valence-electron chi connectivity index (χ0n) is 14.9. The van der Waals surface area contributed by atoms with Gasteiger partial charge in [0.25, 0.3) is 0 Å². The second kappa shape index (κ2) is 7.52. The lowest BCUT2D eigenvalue weighted by Crippen LogP contribution is -2.44. The quantitative estimate of drug-likeness (QED) is 0.921. The number of amides is 1. The van der Waals surface area contributed by atoms with Crippen molar-refractivity contribution in [3.05, 3.63) is 47.4 Å². The van der Waals surface area contributed by atoms with Crippen molar-refractivity contribution in [3.63, 3.8) is 0 Å². The Labute approximate surface area is 152 Å². The summed E-state index contributed by atoms with van der Waals surface area (Å²) in [5.41, 5.74) is 3.02. The van der Waals surface area contributed by atoms with Crippen molar-refractivity contribution in [3.8, 4) is 17.3 Å². The molecule has 5 nitrogen and oxygen atoms in total. The Hall–Kier alpha value is -2.94. The molecule has 1 aromatic carbocycles. The van der Waals surface area contributed by atoms with Gasteiger partial charge in [0.05, 0.1) is 5.69 Å². The summed E-state index contributed by atoms with van der Waals surface area (Å²) in [6, 6.07) is 10.9. The number of halogens is 1. The van der Waals surface area contributed by atoms with Gasteiger partial charge in [-0.15, -0.1) is 0 Å². The van der Waals surface area contributed by atoms with Gasteiger partial charge < -0.3 is 10.2 Å². The molecule has 1 fully saturated rings. The minimum Gasteiger partial charge on any atom is -0.371 e. The maximum absolute atomic E-state index is 13.9. The number of aryl methyl sites for hydroxylation is 1. The molecule has 6 heteroatoms. The molecule has 2 heterocycles. The molecule has 0 spiro atoms. The molecule has 0 aliphatic carbocycles. The van der Waals surface area contributed by atoms with E-state index in [0.29, 0.717) is 22.5 Å². The summed E-state index contributed by atoms with van der Waals surface area (Å²) in [7, 11) is 0. The summed E-state index contributed by atoms with van der Waals surface area (Å²) in [5, 5.41) is 12.3. The van der Waals surface area contributed by atoms with E-state index in [-0.39, 0.29) is 17.8 Å². The van der Waals surface area contributed by atoms with Crippen molar-refractivity contribution in [1.29, 1.82) is 5.26 Å². The van der Waals surface area contributed by atoms with Crippen LogP contribution in [-0.4, -0.2) is 30.0 Å². The van der Waals surface area contributed by atoms with Crippen LogP contribution in [0.5, 0.6) is 0 Å². The number of aromatic nitrogens is 1. The molecule has 0 atom stereocenters. The molecular weight excluding hydrogens is 331 g/mol. The summed E-state index contributed by atoms with van der Waals surface area (Å²) >= 11 is 0. The third-order valence-corrected chi connectivity index (χ3v) is 4.66. The summed E-state index contributed by atoms with van der Waals surface area (Å²) < 4.78 is 13.9. The molecular formula is C20H21FN4O. The van der Waals surface area contributed by atoms with Crippen LogP contribution >= 0.6 is 0 Å². The van der Waals surface area contributed by atoms with Gasteiger partial charge in [0.2, 0.25) is 5.91 Å². The van der Waals surface area contributed by atoms with E-state index in [1.54, 1.807) is 19.1 Å². The Morgan fingerprint density at radius 1 is 1.31 bits per heavy atom. The van der Waals surface area contributed by atoms with Crippen LogP contribution in [0, 0.1) is 24.1 Å². The Morgan fingerprint density at radius 2 is 2.04 bits per heavy atom. The number of pyridine rings is 1. The number of carbonyl (C=O) groups excluding carboxylic acids is 1. The number of nitrogens with zero attached hydrogens (tertiary/aromatic N) is 3. The molecule has 0 bridgehead atoms. The summed E-state index contributed by atoms with van der Waals surface area (Å²) in [4.78, 5) is 17.7. The van der Waals surface area contributed by atoms with Gasteiger partial charge in [0, 0.05) is 37.3 Å². The number of benzene rings is 1. The Morgan fingerprint density at radius 3 is 2.65 bits per heavy atom. The molecule has 1 amide bonds. The molecule has 2 aromatic rings. The summed E-state index contributed by atoms with van der Waals surface area (Å²) in [6.45, 7) is 4.80. The van der Waals surface area contributed by atoms with Crippen molar-refractivity contribution in [2.45, 2.75) is 32.7 Å². The van der Waals surface area contributed by atoms with E-state index in [4.69, 9.17) is 0 Å². The monoisotopic (exact) mass is 352 g/mol. The first-order chi connectivity index (χ1) is 12.5. The second-order valence-corrected chi connectivity index (χ2v) is 6.63. The van der Waals surface area contributed by atoms with E-state index in [9.17, 15) is 14.4 Å². The predicted octanol–water partition coefficient (Wildman–Crippen LogP) is 3.17. The number of hydrogen-bond donors (Lipinski definition) is 1. The second-order valence-electron chi connectivity index (χ2n) is 6.63. The lowest BCUT2D eigenvalue weighted by Gasteiger charge is -2.34. The van der Waals surface area contributed by atoms with Crippen molar-refractivity contribution < 1.29 is 9.18 Å². The topological polar surface area (TPSA) is 69.0 Å². The summed E-state index contributed by atoms with van der Waals surface area (Å²) in [6.07, 6.45) is 1.69. The lowest BCUT2D eigenvalue weighted by molar-refractivity contribution is -0.119. The van der Waals surface area contributed by atoms with Crippen molar-refractivity contribution >= 4 is 11.6 Å². The molecule has 0 saturated carbocycles. The SMILES string of the molecule is CC(=O)NC1CCN(c2cc(C#N)nc(-c3ccc(C)c(F)c3)c2)CC1. The zero-order valence-corrected chi connectivity index (χ0v) is 14.9. The smallest absolute Gasteiger partial charge is 0.217 e. The third-order valence-electron chi connectivity index (χ3n) is 4.66. The highest BCUT2D eigenvalue weighted by Gasteiger charge is 2.21. The van der Waals surface area contributed by atoms with E-state index in [0.717, 1.165) is 31.6 Å². The van der Waals surface area contributed by atoms with Gasteiger partial charge in [-0.05, 0) is 43.5 Å². The molecule has 1 aliphatic rings. The molecule has 26 heavy (non-hydrogen) atoms. The third kappa shape index (κ3) is 3.99. The average Bonchev–Trinajstić information content (AvgIpc) is 2.63. The minimum atomic E-state index is -0.288. The minimum absolute atomic E-state index is 0.0113. The van der Waals surface area contributed by atoms with Crippen molar-refractivity contribution in [2.24, 2.45) is 0 Å². The van der Waals surface area contributed by atoms with Crippen LogP contribution in [0.2, 0.25) is 0 Å². The molecule has 1 N–H and O–H groups in total. The maximum atomic E-state index is 13.9. The molecule has 1 saturated heterocycles. The number of nitrogens with one attached hydrogen (secondary N) is 1. The van der Waals surface area contributed by atoms with E-state index in [2.05, 4.69) is 21.3 Å². The largest absolute Gasteiger partial charge is 0.371 e. The standard InChI is InChI=1S/C20H21FN4O/c1-13-3-4-15(9-19(13)21)20-11-18(10-17(12-22)24-20)25-7-5-16(6-8-25)23-14(2)26/h3-4,9-11,16H,5-8H2,1-2H3,(H,23,26). The zero-order chi connectivity index (χ0) is 18.7. The summed E-state index contributed by atoms with van der Waals surface area (Å²) in [5.74, 6) is -0.299. The number of anilines is 1. The molecule has 134 valence electrons. The Bertz CT molecular complexity index is 867. The van der Waals surface area contributed by atoms with Crippen LogP contribution in [0.4, 0.5) is 10.1 Å². The van der Waals surface area contributed by atoms with Crippen LogP contribution in [0.15, 0.2) is 30.3 Å². The van der Waals surface area contributed by atoms with Gasteiger partial charge in [-0.2, -0.15) is 5.26 Å². The maximum Gasteiger partial charge on any atom is 0.217 e. The van der Waals surface area contributed by atoms with Gasteiger partial charge >= 0.3 is 0 Å². The Balaban J connectivity index is 1.86. The molecule has 0 radical (unpaired) electrons. The number of nitriles is 1. The number of piperidine rings is 1. The van der Waals surface area contributed by atoms with Crippen LogP contribution in [0.3, 0.4) is 0 Å². The van der Waals surface area contributed by atoms with E-state index in [1.807, 2.05) is 12.1 Å². The van der Waals surface area contributed by atoms with Gasteiger partial charge in [-0.3, -0.25) is 4.79 Å². The van der Waals surface area contributed by atoms with Crippen LogP contribution in [0.25, 0.3) is 11.3 Å². The fourth-order valence-corrected chi connectivity index (χ4v) is 3.23. The highest BCUT2D eigenvalue weighted by molar-refractivity contribution is 5.73. The highest BCUT2D eigenvalue weighted by atomic mass is 19.1. The predicted molar refractivity (Wildman–Crippen MR) is 98.1 cm³/mol. The first kappa shape index (κ1) is 17.9. The molecule has 0 unspecified atom stereocenters. The number of hydrogen-bond acceptors (Lipinski definition) is 4. The van der Waals surface area contributed by atoms with Gasteiger partial charge in [-0.25, -0.2) is 9.37 Å². The highest BCUT2D eigenvalue weighted by Crippen LogP contribution is 2.27. The van der Waals surface area contributed by atoms with E-state index < -0.39 is 0 Å². The van der Waals surface area contributed by atoms with Gasteiger partial charge in [-0.1, -0.05) is 12.1 Å². The van der Waals surface area contributed by atoms with Crippen molar-refractivity contribution in [2.75, 3.05) is 18.0 Å². The van der Waals surface area contributed by atoms with E-state index in [1.165, 1.54) is 13.0 Å². The van der Waals surface area contributed by atoms with Crippen LogP contribution in [0.1, 0.15) is 31.0 Å². The average molecular weight is 352 g/mol. The fourth-order valence-electron chi connectivity index (χ4n) is 3.23. The van der Waals surface area contributed by atoms with Crippen LogP contribution in [-0.2, 0) is 4.79 Å². The lowest BCUT2D eigenvalue weighted by atomic mass is 10.0. The van der Waals surface area contributed by atoms with Gasteiger partial charge in [0.15, 0.2) is 0 Å². The molecule has 3 rings (SSSR count). The van der Waals surface area contributed by atoms with Crippen LogP contribution < -0.4 is 10.2 Å². The van der Waals surface area contributed by atoms with Gasteiger partial charge in [0.1, 0.15) is 17.6 Å². The van der Waals surface area contributed by atoms with Crippen molar-refractivity contribution in [1.82, 2.24) is 10.3 Å². The first-order valence-corrected chi connectivity index (χ1v) is 8.67. The molecule has 1 aliphatic heterocycles. The normalized spacial score (nSPS) is 14.8. The van der Waals surface area contributed by atoms with E-state index >= 15 is 0 Å². The molecule has 1 aromatic heterocycles. The first-order valence-electron chi connectivity index (χ1n) is 8.67. The Kier molecular flexibility index (Phi) is 5.17. The number of carbonyl (C=O) groups is 1.